The molecule has 6 N–H and O–H groups in total. The van der Waals surface area contributed by atoms with Gasteiger partial charge in [0.1, 0.15) is 29.6 Å². The first kappa shape index (κ1) is 24.1. The minimum atomic E-state index is -4.68. The number of phenols is 1. The fraction of sp³-hybridized carbons (Fsp3) is 0.294. The Morgan fingerprint density at radius 2 is 2.06 bits per heavy atom. The molecule has 1 aliphatic heterocycles. The Bertz CT molecular complexity index is 1440. The molecule has 1 amide bonds. The van der Waals surface area contributed by atoms with E-state index in [0.29, 0.717) is 0 Å². The number of hydrogen-bond donors (Lipinski definition) is 5. The van der Waals surface area contributed by atoms with E-state index in [-0.39, 0.29) is 28.5 Å². The zero-order chi connectivity index (χ0) is 25.3. The normalized spacial score (nSPS) is 22.1. The summed E-state index contributed by atoms with van der Waals surface area (Å²) in [6.07, 6.45) is -4.69. The maximum Gasteiger partial charge on any atom is 0.362 e. The van der Waals surface area contributed by atoms with E-state index in [0.717, 1.165) is 0 Å². The smallest absolute Gasteiger partial charge is 0.362 e. The lowest BCUT2D eigenvalue weighted by Crippen LogP contribution is -2.37. The molecular formula is C17H17N9O8S. The number of aliphatic hydroxyl groups excluding tert-OH is 2. The molecule has 1 fully saturated rings. The number of carbonyl (C=O) groups is 1. The summed E-state index contributed by atoms with van der Waals surface area (Å²) < 4.78 is 37.4. The first-order valence-corrected chi connectivity index (χ1v) is 11.1. The van der Waals surface area contributed by atoms with Gasteiger partial charge < -0.3 is 25.8 Å². The summed E-state index contributed by atoms with van der Waals surface area (Å²) in [5.74, 6) is -2.03. The van der Waals surface area contributed by atoms with E-state index in [1.807, 2.05) is 0 Å². The van der Waals surface area contributed by atoms with Crippen LogP contribution in [0.1, 0.15) is 16.6 Å². The highest BCUT2D eigenvalue weighted by atomic mass is 32.2. The number of imidazole rings is 1. The Kier molecular flexibility index (Phi) is 6.39. The average molecular weight is 507 g/mol. The van der Waals surface area contributed by atoms with Crippen molar-refractivity contribution in [2.75, 3.05) is 12.3 Å². The topological polar surface area (TPSA) is 261 Å². The number of fused-ring (bicyclic) bond motifs is 1. The van der Waals surface area contributed by atoms with Gasteiger partial charge in [-0.2, -0.15) is 8.42 Å². The lowest BCUT2D eigenvalue weighted by Gasteiger charge is -2.16. The van der Waals surface area contributed by atoms with Crippen molar-refractivity contribution in [2.45, 2.75) is 24.5 Å². The van der Waals surface area contributed by atoms with Crippen LogP contribution in [0.5, 0.6) is 5.75 Å². The van der Waals surface area contributed by atoms with Crippen LogP contribution in [-0.2, 0) is 19.2 Å². The molecule has 0 unspecified atom stereocenters. The molecule has 0 aliphatic carbocycles. The predicted octanol–water partition coefficient (Wildman–Crippen LogP) is -0.634. The molecule has 3 aromatic rings. The summed E-state index contributed by atoms with van der Waals surface area (Å²) in [5.41, 5.74) is 14.2. The Morgan fingerprint density at radius 3 is 2.77 bits per heavy atom. The molecule has 1 saturated heterocycles. The number of azide groups is 1. The van der Waals surface area contributed by atoms with E-state index >= 15 is 0 Å². The van der Waals surface area contributed by atoms with E-state index in [1.54, 1.807) is 4.72 Å². The zero-order valence-electron chi connectivity index (χ0n) is 17.4. The Balaban J connectivity index is 1.48. The van der Waals surface area contributed by atoms with E-state index in [2.05, 4.69) is 25.0 Å². The molecule has 0 spiro atoms. The summed E-state index contributed by atoms with van der Waals surface area (Å²) in [6.45, 7) is -0.786. The highest BCUT2D eigenvalue weighted by Crippen LogP contribution is 2.33. The number of anilines is 1. The molecule has 4 atom stereocenters. The third-order valence-corrected chi connectivity index (χ3v) is 5.82. The van der Waals surface area contributed by atoms with Gasteiger partial charge in [-0.05, 0) is 22.8 Å². The zero-order valence-corrected chi connectivity index (χ0v) is 18.2. The Morgan fingerprint density at radius 1 is 1.31 bits per heavy atom. The van der Waals surface area contributed by atoms with E-state index in [9.17, 15) is 28.5 Å². The number of nitrogens with one attached hydrogen (secondary N) is 1. The summed E-state index contributed by atoms with van der Waals surface area (Å²) >= 11 is 0. The summed E-state index contributed by atoms with van der Waals surface area (Å²) in [6, 6.07) is 5.25. The molecule has 0 saturated carbocycles. The number of rotatable bonds is 7. The number of nitrogen functional groups attached to an aromatic ring is 1. The second kappa shape index (κ2) is 9.29. The minimum Gasteiger partial charge on any atom is -0.507 e. The van der Waals surface area contributed by atoms with Gasteiger partial charge in [-0.1, -0.05) is 12.1 Å². The minimum absolute atomic E-state index is 0.0141. The van der Waals surface area contributed by atoms with Gasteiger partial charge >= 0.3 is 10.3 Å². The number of hydrogen-bond acceptors (Lipinski definition) is 13. The Labute approximate surface area is 195 Å². The quantitative estimate of drug-likeness (QED) is 0.152. The van der Waals surface area contributed by atoms with Gasteiger partial charge in [0, 0.05) is 4.91 Å². The van der Waals surface area contributed by atoms with Crippen molar-refractivity contribution >= 4 is 39.1 Å². The first-order valence-electron chi connectivity index (χ1n) is 9.67. The number of phenolic OH excluding ortho intramolecular Hbond substituents is 1. The number of benzene rings is 1. The maximum atomic E-state index is 12.2. The molecule has 184 valence electrons. The van der Waals surface area contributed by atoms with E-state index in [4.69, 9.17) is 20.2 Å². The van der Waals surface area contributed by atoms with Gasteiger partial charge in [0.25, 0.3) is 5.91 Å². The highest BCUT2D eigenvalue weighted by molar-refractivity contribution is 7.85. The monoisotopic (exact) mass is 507 g/mol. The van der Waals surface area contributed by atoms with Crippen LogP contribution < -0.4 is 10.5 Å². The molecular weight excluding hydrogens is 490 g/mol. The van der Waals surface area contributed by atoms with Crippen LogP contribution >= 0.6 is 0 Å². The maximum absolute atomic E-state index is 12.2. The molecule has 18 heteroatoms. The molecule has 2 aromatic heterocycles. The van der Waals surface area contributed by atoms with Crippen LogP contribution in [0.25, 0.3) is 21.6 Å². The molecule has 3 heterocycles. The number of nitrogens with two attached hydrogens (primary N) is 1. The molecule has 0 radical (unpaired) electrons. The summed E-state index contributed by atoms with van der Waals surface area (Å²) in [7, 11) is -4.68. The number of nitrogens with zero attached hydrogens (tertiary/aromatic N) is 7. The van der Waals surface area contributed by atoms with Gasteiger partial charge in [0.05, 0.1) is 18.5 Å². The number of amides is 1. The second-order valence-corrected chi connectivity index (χ2v) is 8.50. The Hall–Kier alpha value is -4.06. The van der Waals surface area contributed by atoms with Crippen LogP contribution in [0.2, 0.25) is 0 Å². The van der Waals surface area contributed by atoms with Crippen molar-refractivity contribution in [1.29, 1.82) is 0 Å². The number of ether oxygens (including phenoxy) is 1. The molecule has 4 rings (SSSR count). The SMILES string of the molecule is [N-]=[N+]=Nc1nc(N)c2ncn([C@H]3O[C@@H](COS(=O)(=O)NC(=O)c4ccccc4O)[C@H](O)[C@@H]3O)c2n1. The van der Waals surface area contributed by atoms with Gasteiger partial charge in [-0.15, -0.1) is 0 Å². The van der Waals surface area contributed by atoms with E-state index in [1.165, 1.54) is 35.2 Å². The number of aromatic hydroxyl groups is 1. The van der Waals surface area contributed by atoms with Gasteiger partial charge in [0.2, 0.25) is 5.95 Å². The highest BCUT2D eigenvalue weighted by Gasteiger charge is 2.45. The molecule has 35 heavy (non-hydrogen) atoms. The van der Waals surface area contributed by atoms with Crippen LogP contribution in [0.15, 0.2) is 35.7 Å². The van der Waals surface area contributed by atoms with E-state index < -0.39 is 53.1 Å². The first-order chi connectivity index (χ1) is 16.6. The lowest BCUT2D eigenvalue weighted by molar-refractivity contribution is -0.0468. The van der Waals surface area contributed by atoms with Crippen LogP contribution in [0, 0.1) is 0 Å². The van der Waals surface area contributed by atoms with Crippen molar-refractivity contribution in [3.05, 3.63) is 46.6 Å². The fourth-order valence-corrected chi connectivity index (χ4v) is 4.02. The third kappa shape index (κ3) is 4.78. The fourth-order valence-electron chi connectivity index (χ4n) is 3.31. The van der Waals surface area contributed by atoms with Crippen molar-refractivity contribution < 1.29 is 37.5 Å². The second-order valence-electron chi connectivity index (χ2n) is 7.16. The van der Waals surface area contributed by atoms with Crippen molar-refractivity contribution in [1.82, 2.24) is 24.2 Å². The summed E-state index contributed by atoms with van der Waals surface area (Å²) in [5, 5.41) is 33.8. The van der Waals surface area contributed by atoms with Crippen LogP contribution in [-0.4, -0.2) is 74.1 Å². The lowest BCUT2D eigenvalue weighted by atomic mass is 10.1. The third-order valence-electron chi connectivity index (χ3n) is 4.94. The van der Waals surface area contributed by atoms with Gasteiger partial charge in [0.15, 0.2) is 17.7 Å². The molecule has 17 nitrogen and oxygen atoms in total. The molecule has 1 aromatic carbocycles. The van der Waals surface area contributed by atoms with Crippen LogP contribution in [0.4, 0.5) is 11.8 Å². The average Bonchev–Trinajstić information content (AvgIpc) is 3.34. The number of carbonyl (C=O) groups excluding carboxylic acids is 1. The number of aromatic nitrogens is 4. The van der Waals surface area contributed by atoms with Crippen LogP contribution in [0.3, 0.4) is 0 Å². The predicted molar refractivity (Wildman–Crippen MR) is 115 cm³/mol. The number of para-hydroxylation sites is 1. The van der Waals surface area contributed by atoms with Crippen molar-refractivity contribution in [2.24, 2.45) is 5.11 Å². The van der Waals surface area contributed by atoms with Crippen molar-refractivity contribution in [3.63, 3.8) is 0 Å². The largest absolute Gasteiger partial charge is 0.507 e. The summed E-state index contributed by atoms with van der Waals surface area (Å²) in [4.78, 5) is 26.5. The van der Waals surface area contributed by atoms with Gasteiger partial charge in [-0.25, -0.2) is 19.7 Å². The standard InChI is InChI=1S/C17H17N9O8S/c18-13-10-14(22-17(21-13)23-25-19)26(6-20-10)16-12(29)11(28)9(34-16)5-33-35(31,32)24-15(30)7-3-1-2-4-8(7)27/h1-4,6,9,11-12,16,27-29H,5H2,(H,24,30)(H2,18,21,22)/t9-,11-,12-,16-/m0/s1. The van der Waals surface area contributed by atoms with Crippen molar-refractivity contribution in [3.8, 4) is 5.75 Å². The number of aliphatic hydroxyl groups is 2. The molecule has 0 bridgehead atoms. The molecule has 1 aliphatic rings. The van der Waals surface area contributed by atoms with Gasteiger partial charge in [-0.3, -0.25) is 13.5 Å².